The van der Waals surface area contributed by atoms with Crippen LogP contribution in [0.2, 0.25) is 0 Å². The lowest BCUT2D eigenvalue weighted by atomic mass is 10.0. The van der Waals surface area contributed by atoms with Gasteiger partial charge in [0.2, 0.25) is 5.91 Å². The van der Waals surface area contributed by atoms with Gasteiger partial charge in [-0.3, -0.25) is 9.59 Å². The number of urea groups is 1. The summed E-state index contributed by atoms with van der Waals surface area (Å²) >= 11 is 0. The summed E-state index contributed by atoms with van der Waals surface area (Å²) in [5.41, 5.74) is 5.11. The molecule has 1 fully saturated rings. The number of nitrogens with two attached hydrogens (primary N) is 1. The van der Waals surface area contributed by atoms with Crippen LogP contribution in [-0.2, 0) is 9.59 Å². The highest BCUT2D eigenvalue weighted by Crippen LogP contribution is 2.28. The van der Waals surface area contributed by atoms with Gasteiger partial charge in [-0.15, -0.1) is 0 Å². The molecule has 1 aliphatic carbocycles. The fraction of sp³-hybridized carbons (Fsp3) is 0.769. The largest absolute Gasteiger partial charge is 0.481 e. The van der Waals surface area contributed by atoms with Crippen molar-refractivity contribution in [1.29, 1.82) is 0 Å². The molecule has 0 saturated heterocycles. The van der Waals surface area contributed by atoms with Crippen molar-refractivity contribution in [1.82, 2.24) is 10.2 Å². The highest BCUT2D eigenvalue weighted by atomic mass is 16.4. The van der Waals surface area contributed by atoms with Gasteiger partial charge in [0.1, 0.15) is 6.04 Å². The highest BCUT2D eigenvalue weighted by Gasteiger charge is 2.36. The molecule has 0 aromatic heterocycles. The van der Waals surface area contributed by atoms with Gasteiger partial charge in [0.15, 0.2) is 0 Å². The van der Waals surface area contributed by atoms with E-state index >= 15 is 0 Å². The van der Waals surface area contributed by atoms with E-state index in [1.807, 2.05) is 13.8 Å². The Hall–Kier alpha value is -1.79. The number of carboxylic acid groups (broad SMARTS) is 1. The first-order chi connectivity index (χ1) is 9.31. The van der Waals surface area contributed by atoms with Crippen LogP contribution in [-0.4, -0.2) is 46.5 Å². The minimum atomic E-state index is -0.938. The van der Waals surface area contributed by atoms with Gasteiger partial charge in [-0.1, -0.05) is 13.8 Å². The van der Waals surface area contributed by atoms with E-state index in [-0.39, 0.29) is 30.8 Å². The summed E-state index contributed by atoms with van der Waals surface area (Å²) in [6.45, 7) is 4.07. The summed E-state index contributed by atoms with van der Waals surface area (Å²) < 4.78 is 0. The summed E-state index contributed by atoms with van der Waals surface area (Å²) in [5, 5.41) is 11.2. The summed E-state index contributed by atoms with van der Waals surface area (Å²) in [5.74, 6) is -0.954. The molecule has 7 nitrogen and oxygen atoms in total. The minimum Gasteiger partial charge on any atom is -0.481 e. The Bertz CT molecular complexity index is 380. The maximum absolute atomic E-state index is 12.5. The molecule has 0 bridgehead atoms. The first kappa shape index (κ1) is 16.3. The van der Waals surface area contributed by atoms with E-state index < -0.39 is 18.0 Å². The molecular weight excluding hydrogens is 262 g/mol. The Morgan fingerprint density at radius 3 is 2.35 bits per heavy atom. The maximum atomic E-state index is 12.5. The van der Waals surface area contributed by atoms with Gasteiger partial charge in [-0.05, 0) is 25.2 Å². The quantitative estimate of drug-likeness (QED) is 0.604. The molecule has 3 amide bonds. The fourth-order valence-corrected chi connectivity index (χ4v) is 2.14. The second-order valence-electron chi connectivity index (χ2n) is 5.60. The number of hydrogen-bond acceptors (Lipinski definition) is 3. The Morgan fingerprint density at radius 1 is 1.35 bits per heavy atom. The fourth-order valence-electron chi connectivity index (χ4n) is 2.14. The monoisotopic (exact) mass is 285 g/mol. The third kappa shape index (κ3) is 5.46. The molecule has 0 aromatic carbocycles. The van der Waals surface area contributed by atoms with Crippen molar-refractivity contribution >= 4 is 17.9 Å². The van der Waals surface area contributed by atoms with Crippen LogP contribution in [0, 0.1) is 5.92 Å². The van der Waals surface area contributed by atoms with Gasteiger partial charge in [0.25, 0.3) is 0 Å². The Balaban J connectivity index is 2.71. The minimum absolute atomic E-state index is 0.0901. The number of aliphatic carboxylic acids is 1. The molecule has 0 aromatic rings. The summed E-state index contributed by atoms with van der Waals surface area (Å²) in [6.07, 6.45) is 2.16. The number of carboxylic acids is 1. The van der Waals surface area contributed by atoms with E-state index in [1.54, 1.807) is 4.90 Å². The van der Waals surface area contributed by atoms with Gasteiger partial charge < -0.3 is 21.1 Å². The number of carbonyl (C=O) groups is 3. The second-order valence-corrected chi connectivity index (χ2v) is 5.60. The Kier molecular flexibility index (Phi) is 5.79. The van der Waals surface area contributed by atoms with Crippen molar-refractivity contribution in [3.63, 3.8) is 0 Å². The van der Waals surface area contributed by atoms with Gasteiger partial charge >= 0.3 is 12.0 Å². The molecule has 20 heavy (non-hydrogen) atoms. The zero-order valence-electron chi connectivity index (χ0n) is 12.0. The number of carbonyl (C=O) groups excluding carboxylic acids is 2. The molecule has 0 radical (unpaired) electrons. The number of nitrogens with one attached hydrogen (secondary N) is 1. The molecule has 4 N–H and O–H groups in total. The molecule has 0 aliphatic heterocycles. The van der Waals surface area contributed by atoms with Crippen molar-refractivity contribution in [3.8, 4) is 0 Å². The van der Waals surface area contributed by atoms with Crippen LogP contribution in [0.15, 0.2) is 0 Å². The molecule has 1 aliphatic rings. The zero-order valence-corrected chi connectivity index (χ0v) is 12.0. The van der Waals surface area contributed by atoms with Crippen molar-refractivity contribution in [2.75, 3.05) is 6.54 Å². The second kappa shape index (κ2) is 7.12. The van der Waals surface area contributed by atoms with E-state index in [0.29, 0.717) is 6.42 Å². The number of nitrogens with zero attached hydrogens (tertiary/aromatic N) is 1. The van der Waals surface area contributed by atoms with Crippen molar-refractivity contribution in [3.05, 3.63) is 0 Å². The SMILES string of the molecule is CC(C)CC(NC(N)=O)C(=O)N(CCC(=O)O)C1CC1. The molecule has 1 atom stereocenters. The van der Waals surface area contributed by atoms with Gasteiger partial charge in [0, 0.05) is 12.6 Å². The van der Waals surface area contributed by atoms with E-state index in [4.69, 9.17) is 10.8 Å². The van der Waals surface area contributed by atoms with Crippen LogP contribution in [0.1, 0.15) is 39.5 Å². The maximum Gasteiger partial charge on any atom is 0.312 e. The molecule has 1 saturated carbocycles. The van der Waals surface area contributed by atoms with E-state index in [2.05, 4.69) is 5.32 Å². The predicted molar refractivity (Wildman–Crippen MR) is 72.9 cm³/mol. The van der Waals surface area contributed by atoms with Crippen LogP contribution in [0.5, 0.6) is 0 Å². The average Bonchev–Trinajstić information content (AvgIpc) is 3.10. The summed E-state index contributed by atoms with van der Waals surface area (Å²) in [7, 11) is 0. The predicted octanol–water partition coefficient (Wildman–Crippen LogP) is 0.535. The van der Waals surface area contributed by atoms with Crippen LogP contribution < -0.4 is 11.1 Å². The first-order valence-corrected chi connectivity index (χ1v) is 6.89. The topological polar surface area (TPSA) is 113 Å². The van der Waals surface area contributed by atoms with Crippen molar-refractivity contribution in [2.45, 2.75) is 51.6 Å². The van der Waals surface area contributed by atoms with Gasteiger partial charge in [0.05, 0.1) is 6.42 Å². The molecule has 0 spiro atoms. The normalized spacial score (nSPS) is 15.8. The van der Waals surface area contributed by atoms with Gasteiger partial charge in [-0.25, -0.2) is 4.79 Å². The van der Waals surface area contributed by atoms with Crippen LogP contribution in [0.3, 0.4) is 0 Å². The molecule has 114 valence electrons. The van der Waals surface area contributed by atoms with E-state index in [9.17, 15) is 14.4 Å². The zero-order chi connectivity index (χ0) is 15.3. The molecular formula is C13H23N3O4. The van der Waals surface area contributed by atoms with Crippen LogP contribution in [0.25, 0.3) is 0 Å². The lowest BCUT2D eigenvalue weighted by Gasteiger charge is -2.28. The number of amides is 3. The van der Waals surface area contributed by atoms with E-state index in [1.165, 1.54) is 0 Å². The van der Waals surface area contributed by atoms with Crippen molar-refractivity contribution < 1.29 is 19.5 Å². The van der Waals surface area contributed by atoms with Crippen LogP contribution >= 0.6 is 0 Å². The lowest BCUT2D eigenvalue weighted by molar-refractivity contribution is -0.139. The summed E-state index contributed by atoms with van der Waals surface area (Å²) in [4.78, 5) is 35.7. The molecule has 0 heterocycles. The smallest absolute Gasteiger partial charge is 0.312 e. The molecule has 1 rings (SSSR count). The lowest BCUT2D eigenvalue weighted by Crippen LogP contribution is -2.51. The number of primary amides is 1. The first-order valence-electron chi connectivity index (χ1n) is 6.89. The Labute approximate surface area is 118 Å². The Morgan fingerprint density at radius 2 is 1.95 bits per heavy atom. The summed E-state index contributed by atoms with van der Waals surface area (Å²) in [6, 6.07) is -1.31. The van der Waals surface area contributed by atoms with Crippen LogP contribution in [0.4, 0.5) is 4.79 Å². The van der Waals surface area contributed by atoms with Gasteiger partial charge in [-0.2, -0.15) is 0 Å². The van der Waals surface area contributed by atoms with E-state index in [0.717, 1.165) is 12.8 Å². The highest BCUT2D eigenvalue weighted by molar-refractivity contribution is 5.87. The average molecular weight is 285 g/mol. The standard InChI is InChI=1S/C13H23N3O4/c1-8(2)7-10(15-13(14)20)12(19)16(9-3-4-9)6-5-11(17)18/h8-10H,3-7H2,1-2H3,(H,17,18)(H3,14,15,20). The molecule has 1 unspecified atom stereocenters. The van der Waals surface area contributed by atoms with Crippen molar-refractivity contribution in [2.24, 2.45) is 11.7 Å². The molecule has 7 heteroatoms. The number of hydrogen-bond donors (Lipinski definition) is 3. The third-order valence-corrected chi connectivity index (χ3v) is 3.16. The third-order valence-electron chi connectivity index (χ3n) is 3.16. The number of rotatable bonds is 8.